The van der Waals surface area contributed by atoms with Crippen LogP contribution in [0.2, 0.25) is 0 Å². The maximum atomic E-state index is 12.4. The van der Waals surface area contributed by atoms with Gasteiger partial charge in [0.1, 0.15) is 0 Å². The van der Waals surface area contributed by atoms with Gasteiger partial charge in [-0.1, -0.05) is 62.0 Å². The first kappa shape index (κ1) is 21.2. The van der Waals surface area contributed by atoms with Crippen molar-refractivity contribution in [3.63, 3.8) is 0 Å². The standard InChI is InChI=1S/C23H26N4O3S/c1-15(2)16(3)24-21(28)13-31-23-26-25-22(18-7-5-4-6-8-18)27(23)12-17-9-10-19-20(11-17)30-14-29-19/h4-11,15-16H,12-14H2,1-3H3,(H,24,28)/t16-/m0/s1. The Morgan fingerprint density at radius 2 is 1.87 bits per heavy atom. The molecule has 7 nitrogen and oxygen atoms in total. The first-order valence-corrected chi connectivity index (χ1v) is 11.3. The Hall–Kier alpha value is -3.00. The Morgan fingerprint density at radius 1 is 1.10 bits per heavy atom. The number of thioether (sulfide) groups is 1. The lowest BCUT2D eigenvalue weighted by molar-refractivity contribution is -0.119. The van der Waals surface area contributed by atoms with Crippen LogP contribution >= 0.6 is 11.8 Å². The van der Waals surface area contributed by atoms with Crippen LogP contribution in [0.25, 0.3) is 11.4 Å². The molecule has 162 valence electrons. The number of hydrogen-bond acceptors (Lipinski definition) is 6. The predicted molar refractivity (Wildman–Crippen MR) is 120 cm³/mol. The monoisotopic (exact) mass is 438 g/mol. The number of nitrogens with zero attached hydrogens (tertiary/aromatic N) is 3. The summed E-state index contributed by atoms with van der Waals surface area (Å²) in [5.74, 6) is 2.91. The fourth-order valence-corrected chi connectivity index (χ4v) is 3.90. The number of amides is 1. The molecule has 8 heteroatoms. The predicted octanol–water partition coefficient (Wildman–Crippen LogP) is 3.97. The van der Waals surface area contributed by atoms with E-state index >= 15 is 0 Å². The second kappa shape index (κ2) is 9.43. The summed E-state index contributed by atoms with van der Waals surface area (Å²) < 4.78 is 13.0. The number of fused-ring (bicyclic) bond motifs is 1. The molecule has 1 aromatic heterocycles. The van der Waals surface area contributed by atoms with E-state index in [-0.39, 0.29) is 24.5 Å². The summed E-state index contributed by atoms with van der Waals surface area (Å²) in [6, 6.07) is 16.0. The van der Waals surface area contributed by atoms with Gasteiger partial charge in [0.05, 0.1) is 12.3 Å². The van der Waals surface area contributed by atoms with E-state index in [2.05, 4.69) is 29.4 Å². The molecule has 0 saturated heterocycles. The van der Waals surface area contributed by atoms with Crippen molar-refractivity contribution < 1.29 is 14.3 Å². The van der Waals surface area contributed by atoms with Gasteiger partial charge in [0.2, 0.25) is 12.7 Å². The Balaban J connectivity index is 1.57. The highest BCUT2D eigenvalue weighted by Gasteiger charge is 2.19. The Kier molecular flexibility index (Phi) is 6.46. The van der Waals surface area contributed by atoms with Gasteiger partial charge in [0, 0.05) is 11.6 Å². The van der Waals surface area contributed by atoms with E-state index in [0.717, 1.165) is 28.5 Å². The molecule has 0 aliphatic carbocycles. The molecule has 0 spiro atoms. The zero-order valence-electron chi connectivity index (χ0n) is 17.9. The molecular weight excluding hydrogens is 412 g/mol. The number of nitrogens with one attached hydrogen (secondary N) is 1. The SMILES string of the molecule is CC(C)[C@H](C)NC(=O)CSc1nnc(-c2ccccc2)n1Cc1ccc2c(c1)OCO2. The summed E-state index contributed by atoms with van der Waals surface area (Å²) in [4.78, 5) is 12.4. The maximum Gasteiger partial charge on any atom is 0.231 e. The summed E-state index contributed by atoms with van der Waals surface area (Å²) in [6.45, 7) is 6.99. The average Bonchev–Trinajstić information content (AvgIpc) is 3.39. The molecule has 31 heavy (non-hydrogen) atoms. The van der Waals surface area contributed by atoms with Gasteiger partial charge in [-0.05, 0) is 30.5 Å². The summed E-state index contributed by atoms with van der Waals surface area (Å²) in [5, 5.41) is 12.5. The van der Waals surface area contributed by atoms with Crippen molar-refractivity contribution in [3.05, 3.63) is 54.1 Å². The molecule has 0 fully saturated rings. The second-order valence-corrected chi connectivity index (χ2v) is 8.78. The molecule has 0 saturated carbocycles. The van der Waals surface area contributed by atoms with Gasteiger partial charge in [0.25, 0.3) is 0 Å². The molecule has 0 radical (unpaired) electrons. The minimum absolute atomic E-state index is 0.00918. The summed E-state index contributed by atoms with van der Waals surface area (Å²) >= 11 is 1.39. The first-order valence-electron chi connectivity index (χ1n) is 10.3. The van der Waals surface area contributed by atoms with E-state index < -0.39 is 0 Å². The van der Waals surface area contributed by atoms with Crippen molar-refractivity contribution in [2.24, 2.45) is 5.92 Å². The van der Waals surface area contributed by atoms with E-state index in [1.165, 1.54) is 11.8 Å². The Morgan fingerprint density at radius 3 is 2.65 bits per heavy atom. The first-order chi connectivity index (χ1) is 15.0. The molecule has 1 aliphatic rings. The lowest BCUT2D eigenvalue weighted by Crippen LogP contribution is -2.37. The fourth-order valence-electron chi connectivity index (χ4n) is 3.15. The smallest absolute Gasteiger partial charge is 0.231 e. The van der Waals surface area contributed by atoms with Gasteiger partial charge in [-0.15, -0.1) is 10.2 Å². The fraction of sp³-hybridized carbons (Fsp3) is 0.348. The van der Waals surface area contributed by atoms with Crippen molar-refractivity contribution in [1.82, 2.24) is 20.1 Å². The molecule has 1 N–H and O–H groups in total. The van der Waals surface area contributed by atoms with Gasteiger partial charge >= 0.3 is 0 Å². The average molecular weight is 439 g/mol. The van der Waals surface area contributed by atoms with Crippen molar-refractivity contribution in [2.45, 2.75) is 38.5 Å². The van der Waals surface area contributed by atoms with Crippen LogP contribution in [0.5, 0.6) is 11.5 Å². The Labute approximate surface area is 186 Å². The molecule has 1 aliphatic heterocycles. The number of carbonyl (C=O) groups is 1. The van der Waals surface area contributed by atoms with E-state index in [9.17, 15) is 4.79 Å². The number of ether oxygens (including phenoxy) is 2. The van der Waals surface area contributed by atoms with Crippen LogP contribution in [0.1, 0.15) is 26.3 Å². The molecule has 0 bridgehead atoms. The van der Waals surface area contributed by atoms with Gasteiger partial charge in [-0.3, -0.25) is 9.36 Å². The highest BCUT2D eigenvalue weighted by molar-refractivity contribution is 7.99. The molecule has 3 aromatic rings. The van der Waals surface area contributed by atoms with Gasteiger partial charge < -0.3 is 14.8 Å². The van der Waals surface area contributed by atoms with Crippen LogP contribution in [0.4, 0.5) is 0 Å². The summed E-state index contributed by atoms with van der Waals surface area (Å²) in [5.41, 5.74) is 2.02. The molecular formula is C23H26N4O3S. The van der Waals surface area contributed by atoms with E-state index in [4.69, 9.17) is 9.47 Å². The van der Waals surface area contributed by atoms with Gasteiger partial charge in [-0.2, -0.15) is 0 Å². The second-order valence-electron chi connectivity index (χ2n) is 7.83. The van der Waals surface area contributed by atoms with E-state index in [1.54, 1.807) is 0 Å². The number of carbonyl (C=O) groups excluding carboxylic acids is 1. The quantitative estimate of drug-likeness (QED) is 0.536. The van der Waals surface area contributed by atoms with Crippen LogP contribution in [0.3, 0.4) is 0 Å². The minimum atomic E-state index is -0.00918. The summed E-state index contributed by atoms with van der Waals surface area (Å²) in [6.07, 6.45) is 0. The lowest BCUT2D eigenvalue weighted by atomic mass is 10.1. The number of hydrogen-bond donors (Lipinski definition) is 1. The van der Waals surface area contributed by atoms with Crippen molar-refractivity contribution in [1.29, 1.82) is 0 Å². The molecule has 2 heterocycles. The highest BCUT2D eigenvalue weighted by Crippen LogP contribution is 2.33. The zero-order chi connectivity index (χ0) is 21.8. The van der Waals surface area contributed by atoms with Crippen LogP contribution in [-0.2, 0) is 11.3 Å². The molecule has 4 rings (SSSR count). The van der Waals surface area contributed by atoms with Gasteiger partial charge in [-0.25, -0.2) is 0 Å². The van der Waals surface area contributed by atoms with Crippen LogP contribution in [-0.4, -0.2) is 39.3 Å². The van der Waals surface area contributed by atoms with Crippen LogP contribution < -0.4 is 14.8 Å². The summed E-state index contributed by atoms with van der Waals surface area (Å²) in [7, 11) is 0. The third-order valence-electron chi connectivity index (χ3n) is 5.25. The van der Waals surface area contributed by atoms with Gasteiger partial charge in [0.15, 0.2) is 22.5 Å². The largest absolute Gasteiger partial charge is 0.454 e. The van der Waals surface area contributed by atoms with E-state index in [0.29, 0.717) is 17.6 Å². The third kappa shape index (κ3) is 5.02. The van der Waals surface area contributed by atoms with Crippen LogP contribution in [0, 0.1) is 5.92 Å². The topological polar surface area (TPSA) is 78.3 Å². The molecule has 0 unspecified atom stereocenters. The van der Waals surface area contributed by atoms with Crippen molar-refractivity contribution >= 4 is 17.7 Å². The molecule has 2 aromatic carbocycles. The highest BCUT2D eigenvalue weighted by atomic mass is 32.2. The minimum Gasteiger partial charge on any atom is -0.454 e. The third-order valence-corrected chi connectivity index (χ3v) is 6.21. The van der Waals surface area contributed by atoms with Crippen molar-refractivity contribution in [3.8, 4) is 22.9 Å². The number of rotatable bonds is 8. The molecule has 1 atom stereocenters. The zero-order valence-corrected chi connectivity index (χ0v) is 18.7. The normalized spacial score (nSPS) is 13.4. The number of aromatic nitrogens is 3. The van der Waals surface area contributed by atoms with Crippen LogP contribution in [0.15, 0.2) is 53.7 Å². The molecule has 1 amide bonds. The Bertz CT molecular complexity index is 1050. The maximum absolute atomic E-state index is 12.4. The van der Waals surface area contributed by atoms with E-state index in [1.807, 2.05) is 60.0 Å². The van der Waals surface area contributed by atoms with Crippen molar-refractivity contribution in [2.75, 3.05) is 12.5 Å². The lowest BCUT2D eigenvalue weighted by Gasteiger charge is -2.17. The number of benzene rings is 2.